The van der Waals surface area contributed by atoms with Gasteiger partial charge >= 0.3 is 5.97 Å². The summed E-state index contributed by atoms with van der Waals surface area (Å²) in [5.41, 5.74) is -0.863. The Kier molecular flexibility index (Phi) is 4.50. The number of carbonyl (C=O) groups is 3. The molecule has 8 heteroatoms. The lowest BCUT2D eigenvalue weighted by Gasteiger charge is -2.49. The highest BCUT2D eigenvalue weighted by molar-refractivity contribution is 7.17. The van der Waals surface area contributed by atoms with Crippen molar-refractivity contribution in [3.8, 4) is 0 Å². The molecule has 0 aliphatic carbocycles. The lowest BCUT2D eigenvalue weighted by Crippen LogP contribution is -2.66. The number of aromatic nitrogens is 1. The zero-order valence-corrected chi connectivity index (χ0v) is 13.8. The molecule has 0 spiro atoms. The molecule has 1 unspecified atom stereocenters. The van der Waals surface area contributed by atoms with Crippen molar-refractivity contribution in [2.24, 2.45) is 5.92 Å². The summed E-state index contributed by atoms with van der Waals surface area (Å²) in [4.78, 5) is 41.8. The summed E-state index contributed by atoms with van der Waals surface area (Å²) in [7, 11) is 1.28. The standard InChI is InChI=1S/C14H19N3O4S/c1-8(2)10(18)17-6-5-14(17,3)12(20)16-13-15-7-9(22-13)11(19)21-4/h7-8H,5-6H2,1-4H3,(H,15,16,20). The Bertz CT molecular complexity index is 613. The molecule has 7 nitrogen and oxygen atoms in total. The number of nitrogens with zero attached hydrogens (tertiary/aromatic N) is 2. The normalized spacial score (nSPS) is 20.5. The van der Waals surface area contributed by atoms with E-state index in [-0.39, 0.29) is 17.7 Å². The van der Waals surface area contributed by atoms with Crippen molar-refractivity contribution >= 4 is 34.3 Å². The highest BCUT2D eigenvalue weighted by Crippen LogP contribution is 2.33. The molecule has 1 saturated heterocycles. The number of nitrogens with one attached hydrogen (secondary N) is 1. The van der Waals surface area contributed by atoms with Gasteiger partial charge in [0.15, 0.2) is 5.13 Å². The van der Waals surface area contributed by atoms with Gasteiger partial charge in [-0.15, -0.1) is 0 Å². The van der Waals surface area contributed by atoms with Gasteiger partial charge in [-0.05, 0) is 13.3 Å². The molecule has 1 aliphatic heterocycles. The van der Waals surface area contributed by atoms with Gasteiger partial charge in [-0.3, -0.25) is 14.9 Å². The first-order chi connectivity index (χ1) is 10.3. The van der Waals surface area contributed by atoms with Crippen molar-refractivity contribution in [2.45, 2.75) is 32.7 Å². The number of hydrogen-bond donors (Lipinski definition) is 1. The van der Waals surface area contributed by atoms with Gasteiger partial charge in [0.2, 0.25) is 5.91 Å². The van der Waals surface area contributed by atoms with E-state index in [0.717, 1.165) is 11.3 Å². The molecular weight excluding hydrogens is 306 g/mol. The molecule has 1 N–H and O–H groups in total. The second-order valence-electron chi connectivity index (χ2n) is 5.64. The Hall–Kier alpha value is -1.96. The van der Waals surface area contributed by atoms with Gasteiger partial charge in [-0.1, -0.05) is 25.2 Å². The van der Waals surface area contributed by atoms with E-state index < -0.39 is 11.5 Å². The van der Waals surface area contributed by atoms with Crippen LogP contribution in [0.4, 0.5) is 5.13 Å². The smallest absolute Gasteiger partial charge is 0.349 e. The van der Waals surface area contributed by atoms with E-state index in [1.54, 1.807) is 11.8 Å². The molecule has 1 fully saturated rings. The maximum absolute atomic E-state index is 12.4. The van der Waals surface area contributed by atoms with Gasteiger partial charge in [-0.2, -0.15) is 0 Å². The summed E-state index contributed by atoms with van der Waals surface area (Å²) in [5, 5.41) is 2.99. The molecule has 0 bridgehead atoms. The Morgan fingerprint density at radius 2 is 2.14 bits per heavy atom. The predicted molar refractivity (Wildman–Crippen MR) is 81.7 cm³/mol. The van der Waals surface area contributed by atoms with Crippen LogP contribution in [0.5, 0.6) is 0 Å². The molecule has 22 heavy (non-hydrogen) atoms. The van der Waals surface area contributed by atoms with Crippen LogP contribution < -0.4 is 5.32 Å². The third kappa shape index (κ3) is 2.83. The topological polar surface area (TPSA) is 88.6 Å². The number of methoxy groups -OCH3 is 1. The second kappa shape index (κ2) is 6.04. The molecule has 2 heterocycles. The van der Waals surface area contributed by atoms with Crippen LogP contribution in [0, 0.1) is 5.92 Å². The van der Waals surface area contributed by atoms with Gasteiger partial charge in [0.25, 0.3) is 5.91 Å². The number of esters is 1. The average Bonchev–Trinajstić information content (AvgIpc) is 2.92. The van der Waals surface area contributed by atoms with Crippen LogP contribution in [0.1, 0.15) is 36.9 Å². The molecule has 2 rings (SSSR count). The highest BCUT2D eigenvalue weighted by atomic mass is 32.1. The number of hydrogen-bond acceptors (Lipinski definition) is 6. The fourth-order valence-corrected chi connectivity index (χ4v) is 2.95. The number of thiazole rings is 1. The maximum Gasteiger partial charge on any atom is 0.349 e. The van der Waals surface area contributed by atoms with E-state index in [0.29, 0.717) is 23.0 Å². The summed E-state index contributed by atoms with van der Waals surface area (Å²) in [6.07, 6.45) is 1.96. The van der Waals surface area contributed by atoms with Crippen molar-refractivity contribution in [1.82, 2.24) is 9.88 Å². The van der Waals surface area contributed by atoms with Crippen molar-refractivity contribution in [3.63, 3.8) is 0 Å². The fourth-order valence-electron chi connectivity index (χ4n) is 2.22. The van der Waals surface area contributed by atoms with Gasteiger partial charge in [0.1, 0.15) is 10.4 Å². The van der Waals surface area contributed by atoms with Crippen molar-refractivity contribution in [3.05, 3.63) is 11.1 Å². The Morgan fingerprint density at radius 3 is 2.64 bits per heavy atom. The quantitative estimate of drug-likeness (QED) is 0.848. The average molecular weight is 325 g/mol. The zero-order valence-electron chi connectivity index (χ0n) is 13.0. The van der Waals surface area contributed by atoms with Gasteiger partial charge in [-0.25, -0.2) is 9.78 Å². The first-order valence-electron chi connectivity index (χ1n) is 6.96. The monoisotopic (exact) mass is 325 g/mol. The number of rotatable bonds is 4. The van der Waals surface area contributed by atoms with Crippen molar-refractivity contribution in [2.75, 3.05) is 19.0 Å². The van der Waals surface area contributed by atoms with Crippen LogP contribution in [0.2, 0.25) is 0 Å². The second-order valence-corrected chi connectivity index (χ2v) is 6.67. The number of carbonyl (C=O) groups excluding carboxylic acids is 3. The molecule has 0 saturated carbocycles. The molecule has 2 amide bonds. The zero-order chi connectivity index (χ0) is 16.5. The van der Waals surface area contributed by atoms with Gasteiger partial charge in [0, 0.05) is 12.5 Å². The van der Waals surface area contributed by atoms with Crippen molar-refractivity contribution < 1.29 is 19.1 Å². The van der Waals surface area contributed by atoms with E-state index in [1.807, 2.05) is 13.8 Å². The van der Waals surface area contributed by atoms with E-state index in [4.69, 9.17) is 0 Å². The maximum atomic E-state index is 12.4. The molecule has 1 aliphatic rings. The molecule has 1 atom stereocenters. The van der Waals surface area contributed by atoms with Gasteiger partial charge < -0.3 is 9.64 Å². The van der Waals surface area contributed by atoms with Gasteiger partial charge in [0.05, 0.1) is 13.3 Å². The number of ether oxygens (including phenoxy) is 1. The Balaban J connectivity index is 2.07. The van der Waals surface area contributed by atoms with Crippen LogP contribution in [-0.4, -0.2) is 46.9 Å². The largest absolute Gasteiger partial charge is 0.465 e. The third-order valence-electron chi connectivity index (χ3n) is 3.78. The van der Waals surface area contributed by atoms with Crippen LogP contribution in [0.3, 0.4) is 0 Å². The molecule has 1 aromatic rings. The van der Waals surface area contributed by atoms with Crippen LogP contribution in [0.15, 0.2) is 6.20 Å². The number of anilines is 1. The summed E-state index contributed by atoms with van der Waals surface area (Å²) >= 11 is 1.04. The Morgan fingerprint density at radius 1 is 1.45 bits per heavy atom. The minimum absolute atomic E-state index is 0.0433. The predicted octanol–water partition coefficient (Wildman–Crippen LogP) is 1.52. The summed E-state index contributed by atoms with van der Waals surface area (Å²) in [6.45, 7) is 5.93. The first kappa shape index (κ1) is 16.4. The van der Waals surface area contributed by atoms with E-state index in [2.05, 4.69) is 15.0 Å². The van der Waals surface area contributed by atoms with E-state index in [1.165, 1.54) is 13.3 Å². The number of amides is 2. The lowest BCUT2D eigenvalue weighted by molar-refractivity contribution is -0.157. The van der Waals surface area contributed by atoms with E-state index >= 15 is 0 Å². The Labute approximate surface area is 132 Å². The minimum Gasteiger partial charge on any atom is -0.465 e. The molecule has 0 aromatic carbocycles. The molecule has 1 aromatic heterocycles. The minimum atomic E-state index is -0.863. The summed E-state index contributed by atoms with van der Waals surface area (Å²) in [5.74, 6) is -0.987. The molecule has 0 radical (unpaired) electrons. The third-order valence-corrected chi connectivity index (χ3v) is 4.67. The van der Waals surface area contributed by atoms with Crippen LogP contribution in [-0.2, 0) is 14.3 Å². The number of likely N-dealkylation sites (tertiary alicyclic amines) is 1. The van der Waals surface area contributed by atoms with Crippen LogP contribution in [0.25, 0.3) is 0 Å². The lowest BCUT2D eigenvalue weighted by atomic mass is 9.84. The van der Waals surface area contributed by atoms with Crippen molar-refractivity contribution in [1.29, 1.82) is 0 Å². The van der Waals surface area contributed by atoms with Crippen LogP contribution >= 0.6 is 11.3 Å². The summed E-state index contributed by atoms with van der Waals surface area (Å²) in [6, 6.07) is 0. The van der Waals surface area contributed by atoms with E-state index in [9.17, 15) is 14.4 Å². The first-order valence-corrected chi connectivity index (χ1v) is 7.78. The highest BCUT2D eigenvalue weighted by Gasteiger charge is 2.49. The molecular formula is C14H19N3O4S. The molecule has 120 valence electrons. The SMILES string of the molecule is COC(=O)c1cnc(NC(=O)C2(C)CCN2C(=O)C(C)C)s1. The fraction of sp³-hybridized carbons (Fsp3) is 0.571. The summed E-state index contributed by atoms with van der Waals surface area (Å²) < 4.78 is 4.59.